The molecule has 0 aliphatic carbocycles. The second-order valence-corrected chi connectivity index (χ2v) is 6.64. The van der Waals surface area contributed by atoms with E-state index in [4.69, 9.17) is 11.6 Å². The molecule has 0 aliphatic heterocycles. The number of hydrogen-bond donors (Lipinski definition) is 1. The van der Waals surface area contributed by atoms with Gasteiger partial charge in [-0.1, -0.05) is 24.6 Å². The summed E-state index contributed by atoms with van der Waals surface area (Å²) in [6, 6.07) is 10.3. The summed E-state index contributed by atoms with van der Waals surface area (Å²) in [5.41, 5.74) is 0.157. The summed E-state index contributed by atoms with van der Waals surface area (Å²) in [6.45, 7) is 2.37. The lowest BCUT2D eigenvalue weighted by molar-refractivity contribution is -0.384. The first-order valence-electron chi connectivity index (χ1n) is 8.61. The number of hydrogen-bond acceptors (Lipinski definition) is 5. The van der Waals surface area contributed by atoms with Gasteiger partial charge in [0.05, 0.1) is 22.4 Å². The first kappa shape index (κ1) is 19.5. The van der Waals surface area contributed by atoms with Gasteiger partial charge >= 0.3 is 0 Å². The van der Waals surface area contributed by atoms with Gasteiger partial charge in [0, 0.05) is 29.3 Å². The molecule has 9 heteroatoms. The maximum atomic E-state index is 12.9. The van der Waals surface area contributed by atoms with Crippen LogP contribution in [0.25, 0.3) is 10.9 Å². The number of carbonyl (C=O) groups excluding carboxylic acids is 1. The van der Waals surface area contributed by atoms with Crippen LogP contribution in [0.15, 0.2) is 47.3 Å². The number of non-ortho nitro benzene ring substituents is 1. The molecular formula is C19H17ClN4O4. The quantitative estimate of drug-likeness (QED) is 0.502. The standard InChI is InChI=1S/C19H17ClN4O4/c1-2-8-23(19(26)12-4-3-5-14(9-12)24(27)28)11-17-21-16-10-13(20)6-7-15(16)18(25)22-17/h3-7,9-10H,2,8,11H2,1H3,(H,21,22,25). The molecular weight excluding hydrogens is 384 g/mol. The lowest BCUT2D eigenvalue weighted by Gasteiger charge is -2.21. The van der Waals surface area contributed by atoms with Crippen LogP contribution in [0, 0.1) is 10.1 Å². The van der Waals surface area contributed by atoms with E-state index < -0.39 is 4.92 Å². The molecule has 0 radical (unpaired) electrons. The number of carbonyl (C=O) groups is 1. The Bertz CT molecular complexity index is 1110. The molecule has 3 rings (SSSR count). The topological polar surface area (TPSA) is 109 Å². The Hall–Kier alpha value is -3.26. The number of rotatable bonds is 6. The molecule has 1 aromatic heterocycles. The van der Waals surface area contributed by atoms with Crippen LogP contribution >= 0.6 is 11.6 Å². The zero-order valence-corrected chi connectivity index (χ0v) is 15.8. The molecule has 0 saturated heterocycles. The zero-order chi connectivity index (χ0) is 20.3. The van der Waals surface area contributed by atoms with Gasteiger partial charge in [-0.3, -0.25) is 19.7 Å². The first-order chi connectivity index (χ1) is 13.4. The van der Waals surface area contributed by atoms with E-state index in [0.717, 1.165) is 0 Å². The summed E-state index contributed by atoms with van der Waals surface area (Å²) >= 11 is 5.98. The van der Waals surface area contributed by atoms with Crippen LogP contribution in [0.2, 0.25) is 5.02 Å². The third-order valence-electron chi connectivity index (χ3n) is 4.14. The Morgan fingerprint density at radius 3 is 2.79 bits per heavy atom. The van der Waals surface area contributed by atoms with Crippen molar-refractivity contribution < 1.29 is 9.72 Å². The van der Waals surface area contributed by atoms with Crippen LogP contribution in [0.1, 0.15) is 29.5 Å². The van der Waals surface area contributed by atoms with Gasteiger partial charge in [0.1, 0.15) is 5.82 Å². The van der Waals surface area contributed by atoms with Crippen molar-refractivity contribution >= 4 is 34.1 Å². The van der Waals surface area contributed by atoms with E-state index in [1.165, 1.54) is 29.2 Å². The zero-order valence-electron chi connectivity index (χ0n) is 15.0. The summed E-state index contributed by atoms with van der Waals surface area (Å²) in [4.78, 5) is 44.2. The molecule has 1 heterocycles. The van der Waals surface area contributed by atoms with Crippen LogP contribution in [-0.2, 0) is 6.54 Å². The molecule has 1 amide bonds. The van der Waals surface area contributed by atoms with Crippen molar-refractivity contribution in [1.29, 1.82) is 0 Å². The van der Waals surface area contributed by atoms with E-state index in [1.54, 1.807) is 18.2 Å². The van der Waals surface area contributed by atoms with Gasteiger partial charge in [-0.25, -0.2) is 4.98 Å². The third kappa shape index (κ3) is 4.17. The molecule has 0 aliphatic rings. The Morgan fingerprint density at radius 2 is 2.07 bits per heavy atom. The van der Waals surface area contributed by atoms with Crippen LogP contribution in [0.3, 0.4) is 0 Å². The minimum absolute atomic E-state index is 0.0626. The van der Waals surface area contributed by atoms with Crippen LogP contribution in [-0.4, -0.2) is 32.2 Å². The highest BCUT2D eigenvalue weighted by atomic mass is 35.5. The smallest absolute Gasteiger partial charge is 0.270 e. The average Bonchev–Trinajstić information content (AvgIpc) is 2.66. The van der Waals surface area contributed by atoms with Gasteiger partial charge in [-0.15, -0.1) is 0 Å². The predicted molar refractivity (Wildman–Crippen MR) is 106 cm³/mol. The highest BCUT2D eigenvalue weighted by Gasteiger charge is 2.19. The average molecular weight is 401 g/mol. The maximum Gasteiger partial charge on any atom is 0.270 e. The molecule has 2 aromatic carbocycles. The van der Waals surface area contributed by atoms with E-state index in [-0.39, 0.29) is 29.3 Å². The SMILES string of the molecule is CCCN(Cc1nc2cc(Cl)ccc2c(=O)[nH]1)C(=O)c1cccc([N+](=O)[O-])c1. The number of nitro benzene ring substituents is 1. The molecule has 1 N–H and O–H groups in total. The molecule has 8 nitrogen and oxygen atoms in total. The van der Waals surface area contributed by atoms with Crippen LogP contribution < -0.4 is 5.56 Å². The van der Waals surface area contributed by atoms with E-state index >= 15 is 0 Å². The fourth-order valence-corrected chi connectivity index (χ4v) is 3.04. The summed E-state index contributed by atoms with van der Waals surface area (Å²) in [6.07, 6.45) is 0.671. The maximum absolute atomic E-state index is 12.9. The van der Waals surface area contributed by atoms with Crippen LogP contribution in [0.5, 0.6) is 0 Å². The van der Waals surface area contributed by atoms with Gasteiger partial charge in [0.15, 0.2) is 0 Å². The molecule has 3 aromatic rings. The van der Waals surface area contributed by atoms with Crippen LogP contribution in [0.4, 0.5) is 5.69 Å². The fraction of sp³-hybridized carbons (Fsp3) is 0.211. The number of nitrogens with zero attached hydrogens (tertiary/aromatic N) is 3. The highest BCUT2D eigenvalue weighted by molar-refractivity contribution is 6.31. The van der Waals surface area contributed by atoms with Gasteiger partial charge < -0.3 is 9.88 Å². The van der Waals surface area contributed by atoms with Gasteiger partial charge in [-0.2, -0.15) is 0 Å². The monoisotopic (exact) mass is 400 g/mol. The van der Waals surface area contributed by atoms with Crippen molar-refractivity contribution in [3.05, 3.63) is 79.3 Å². The second-order valence-electron chi connectivity index (χ2n) is 6.21. The molecule has 144 valence electrons. The number of nitrogens with one attached hydrogen (secondary N) is 1. The number of benzene rings is 2. The predicted octanol–water partition coefficient (Wildman–Crippen LogP) is 3.54. The van der Waals surface area contributed by atoms with Crippen molar-refractivity contribution in [1.82, 2.24) is 14.9 Å². The molecule has 0 spiro atoms. The summed E-state index contributed by atoms with van der Waals surface area (Å²) in [7, 11) is 0. The lowest BCUT2D eigenvalue weighted by Crippen LogP contribution is -2.32. The minimum atomic E-state index is -0.549. The summed E-state index contributed by atoms with van der Waals surface area (Å²) < 4.78 is 0. The van der Waals surface area contributed by atoms with Crippen molar-refractivity contribution in [2.75, 3.05) is 6.54 Å². The van der Waals surface area contributed by atoms with Gasteiger partial charge in [0.25, 0.3) is 17.2 Å². The molecule has 0 unspecified atom stereocenters. The van der Waals surface area contributed by atoms with Crippen molar-refractivity contribution in [3.63, 3.8) is 0 Å². The number of amides is 1. The third-order valence-corrected chi connectivity index (χ3v) is 4.38. The fourth-order valence-electron chi connectivity index (χ4n) is 2.87. The van der Waals surface area contributed by atoms with E-state index in [9.17, 15) is 19.7 Å². The number of aromatic amines is 1. The summed E-state index contributed by atoms with van der Waals surface area (Å²) in [5.74, 6) is -0.0635. The number of H-pyrrole nitrogens is 1. The van der Waals surface area contributed by atoms with Gasteiger partial charge in [-0.05, 0) is 30.7 Å². The Balaban J connectivity index is 1.94. The van der Waals surface area contributed by atoms with E-state index in [0.29, 0.717) is 34.7 Å². The molecule has 28 heavy (non-hydrogen) atoms. The Morgan fingerprint density at radius 1 is 1.29 bits per heavy atom. The van der Waals surface area contributed by atoms with Crippen molar-refractivity contribution in [2.24, 2.45) is 0 Å². The molecule has 0 fully saturated rings. The number of halogens is 1. The van der Waals surface area contributed by atoms with E-state index in [2.05, 4.69) is 9.97 Å². The van der Waals surface area contributed by atoms with Crippen molar-refractivity contribution in [2.45, 2.75) is 19.9 Å². The Kier molecular flexibility index (Phi) is 5.70. The molecule has 0 bridgehead atoms. The lowest BCUT2D eigenvalue weighted by atomic mass is 10.1. The molecule has 0 saturated carbocycles. The first-order valence-corrected chi connectivity index (χ1v) is 8.99. The second kappa shape index (κ2) is 8.18. The summed E-state index contributed by atoms with van der Waals surface area (Å²) in [5, 5.41) is 11.8. The Labute approximate surface area is 164 Å². The highest BCUT2D eigenvalue weighted by Crippen LogP contribution is 2.17. The largest absolute Gasteiger partial charge is 0.331 e. The van der Waals surface area contributed by atoms with E-state index in [1.807, 2.05) is 6.92 Å². The molecule has 0 atom stereocenters. The number of fused-ring (bicyclic) bond motifs is 1. The number of aromatic nitrogens is 2. The normalized spacial score (nSPS) is 10.8. The minimum Gasteiger partial charge on any atom is -0.331 e. The number of nitro groups is 1. The van der Waals surface area contributed by atoms with Crippen molar-refractivity contribution in [3.8, 4) is 0 Å². The van der Waals surface area contributed by atoms with Gasteiger partial charge in [0.2, 0.25) is 0 Å².